The molecule has 2 atom stereocenters. The molecule has 160 valence electrons. The van der Waals surface area contributed by atoms with Crippen molar-refractivity contribution in [2.75, 3.05) is 18.0 Å². The van der Waals surface area contributed by atoms with Gasteiger partial charge in [-0.15, -0.1) is 0 Å². The fraction of sp³-hybridized carbons (Fsp3) is 0.333. The lowest BCUT2D eigenvalue weighted by Crippen LogP contribution is -2.23. The van der Waals surface area contributed by atoms with Crippen molar-refractivity contribution in [1.82, 2.24) is 33.6 Å². The zero-order valence-corrected chi connectivity index (χ0v) is 17.9. The van der Waals surface area contributed by atoms with Gasteiger partial charge in [-0.1, -0.05) is 5.16 Å². The molecule has 2 aliphatic rings. The Balaban J connectivity index is 1.07. The van der Waals surface area contributed by atoms with Gasteiger partial charge in [0, 0.05) is 43.3 Å². The summed E-state index contributed by atoms with van der Waals surface area (Å²) in [7, 11) is 1.78. The summed E-state index contributed by atoms with van der Waals surface area (Å²) in [5.74, 6) is 2.56. The molecule has 0 N–H and O–H groups in total. The van der Waals surface area contributed by atoms with Gasteiger partial charge in [0.1, 0.15) is 12.9 Å². The highest BCUT2D eigenvalue weighted by Gasteiger charge is 2.58. The molecule has 0 spiro atoms. The van der Waals surface area contributed by atoms with Crippen molar-refractivity contribution in [2.45, 2.75) is 12.5 Å². The van der Waals surface area contributed by atoms with Crippen LogP contribution in [-0.2, 0) is 13.6 Å². The standard InChI is InChI=1S/C21H18N8O2S/c1-27-9-22-20-18(27)21(30)29(10-23-20)8-16-25-19(26-31-16)17-13-6-28(7-14(13)17)12-2-3-15-11(4-12)5-24-32-15/h2-5,9-10,13-14,17H,6-8H2,1H3. The summed E-state index contributed by atoms with van der Waals surface area (Å²) in [4.78, 5) is 28.1. The first-order valence-electron chi connectivity index (χ1n) is 10.4. The van der Waals surface area contributed by atoms with Gasteiger partial charge in [0.25, 0.3) is 5.56 Å². The van der Waals surface area contributed by atoms with Gasteiger partial charge in [-0.2, -0.15) is 9.36 Å². The Kier molecular flexibility index (Phi) is 3.63. The number of piperidine rings is 1. The number of aromatic nitrogens is 7. The number of aryl methyl sites for hydroxylation is 1. The van der Waals surface area contributed by atoms with Crippen LogP contribution in [0.3, 0.4) is 0 Å². The van der Waals surface area contributed by atoms with Gasteiger partial charge in [0.15, 0.2) is 17.0 Å². The highest BCUT2D eigenvalue weighted by Crippen LogP contribution is 2.58. The minimum atomic E-state index is -0.175. The molecule has 5 aromatic rings. The van der Waals surface area contributed by atoms with Crippen molar-refractivity contribution in [3.8, 4) is 0 Å². The van der Waals surface area contributed by atoms with Gasteiger partial charge in [-0.3, -0.25) is 9.36 Å². The molecule has 4 aromatic heterocycles. The second kappa shape index (κ2) is 6.45. The first kappa shape index (κ1) is 18.0. The SMILES string of the molecule is Cn1cnc2ncn(Cc3nc(C4C5CN(c6ccc7sncc7c6)CC54)no3)c(=O)c21. The number of benzene rings is 1. The van der Waals surface area contributed by atoms with E-state index in [1.165, 1.54) is 38.2 Å². The Hall–Kier alpha value is -3.60. The van der Waals surface area contributed by atoms with Gasteiger partial charge < -0.3 is 14.0 Å². The third-order valence-electron chi connectivity index (χ3n) is 6.68. The molecule has 2 fully saturated rings. The Morgan fingerprint density at radius 1 is 1.19 bits per heavy atom. The maximum atomic E-state index is 12.7. The minimum absolute atomic E-state index is 0.175. The molecule has 0 radical (unpaired) electrons. The molecule has 10 nitrogen and oxygen atoms in total. The lowest BCUT2D eigenvalue weighted by molar-refractivity contribution is 0.363. The average Bonchev–Trinajstić information content (AvgIpc) is 3.38. The molecular weight excluding hydrogens is 428 g/mol. The Morgan fingerprint density at radius 2 is 2.03 bits per heavy atom. The molecule has 11 heteroatoms. The van der Waals surface area contributed by atoms with Crippen LogP contribution in [0, 0.1) is 11.8 Å². The van der Waals surface area contributed by atoms with Crippen LogP contribution in [0.2, 0.25) is 0 Å². The third kappa shape index (κ3) is 2.63. The molecule has 7 rings (SSSR count). The second-order valence-electron chi connectivity index (χ2n) is 8.56. The topological polar surface area (TPSA) is 108 Å². The first-order valence-corrected chi connectivity index (χ1v) is 11.2. The highest BCUT2D eigenvalue weighted by atomic mass is 32.1. The van der Waals surface area contributed by atoms with Crippen LogP contribution in [-0.4, -0.2) is 46.7 Å². The van der Waals surface area contributed by atoms with Gasteiger partial charge in [0.05, 0.1) is 11.0 Å². The minimum Gasteiger partial charge on any atom is -0.371 e. The number of fused-ring (bicyclic) bond motifs is 3. The molecule has 2 unspecified atom stereocenters. The van der Waals surface area contributed by atoms with E-state index in [1.54, 1.807) is 17.9 Å². The predicted octanol–water partition coefficient (Wildman–Crippen LogP) is 2.02. The van der Waals surface area contributed by atoms with E-state index < -0.39 is 0 Å². The molecule has 5 heterocycles. The third-order valence-corrected chi connectivity index (χ3v) is 7.46. The van der Waals surface area contributed by atoms with Gasteiger partial charge in [0.2, 0.25) is 5.89 Å². The molecule has 0 bridgehead atoms. The number of hydrogen-bond donors (Lipinski definition) is 0. The monoisotopic (exact) mass is 446 g/mol. The van der Waals surface area contributed by atoms with Gasteiger partial charge >= 0.3 is 0 Å². The van der Waals surface area contributed by atoms with Crippen molar-refractivity contribution in [3.63, 3.8) is 0 Å². The molecule has 1 aliphatic carbocycles. The summed E-state index contributed by atoms with van der Waals surface area (Å²) in [6, 6.07) is 6.54. The van der Waals surface area contributed by atoms with Crippen LogP contribution in [0.25, 0.3) is 21.3 Å². The molecule has 0 amide bonds. The summed E-state index contributed by atoms with van der Waals surface area (Å²) in [6.45, 7) is 2.18. The number of rotatable bonds is 4. The fourth-order valence-electron chi connectivity index (χ4n) is 4.97. The van der Waals surface area contributed by atoms with Crippen molar-refractivity contribution in [1.29, 1.82) is 0 Å². The average molecular weight is 446 g/mol. The molecule has 1 aromatic carbocycles. The first-order chi connectivity index (χ1) is 15.7. The zero-order chi connectivity index (χ0) is 21.4. The predicted molar refractivity (Wildman–Crippen MR) is 118 cm³/mol. The second-order valence-corrected chi connectivity index (χ2v) is 9.39. The Labute approximate surface area is 185 Å². The summed E-state index contributed by atoms with van der Waals surface area (Å²) < 4.78 is 14.1. The molecule has 1 saturated heterocycles. The zero-order valence-electron chi connectivity index (χ0n) is 17.1. The Morgan fingerprint density at radius 3 is 2.91 bits per heavy atom. The van der Waals surface area contributed by atoms with E-state index in [0.717, 1.165) is 18.9 Å². The van der Waals surface area contributed by atoms with E-state index in [1.807, 2.05) is 6.20 Å². The number of imidazole rings is 1. The summed E-state index contributed by atoms with van der Waals surface area (Å²) in [6.07, 6.45) is 4.99. The van der Waals surface area contributed by atoms with Gasteiger partial charge in [-0.25, -0.2) is 9.97 Å². The number of nitrogens with zero attached hydrogens (tertiary/aromatic N) is 8. The van der Waals surface area contributed by atoms with E-state index in [-0.39, 0.29) is 12.1 Å². The van der Waals surface area contributed by atoms with Gasteiger partial charge in [-0.05, 0) is 41.6 Å². The van der Waals surface area contributed by atoms with E-state index in [0.29, 0.717) is 34.8 Å². The van der Waals surface area contributed by atoms with Crippen LogP contribution in [0.1, 0.15) is 17.6 Å². The molecule has 32 heavy (non-hydrogen) atoms. The molecule has 1 saturated carbocycles. The smallest absolute Gasteiger partial charge is 0.280 e. The maximum absolute atomic E-state index is 12.7. The number of anilines is 1. The Bertz CT molecular complexity index is 1540. The van der Waals surface area contributed by atoms with E-state index in [9.17, 15) is 4.79 Å². The fourth-order valence-corrected chi connectivity index (χ4v) is 5.60. The summed E-state index contributed by atoms with van der Waals surface area (Å²) in [5.41, 5.74) is 1.96. The normalized spacial score (nSPS) is 22.2. The largest absolute Gasteiger partial charge is 0.371 e. The van der Waals surface area contributed by atoms with Crippen molar-refractivity contribution in [3.05, 3.63) is 59.1 Å². The summed E-state index contributed by atoms with van der Waals surface area (Å²) in [5, 5.41) is 5.42. The van der Waals surface area contributed by atoms with Crippen molar-refractivity contribution < 1.29 is 4.52 Å². The number of hydrogen-bond acceptors (Lipinski definition) is 9. The lowest BCUT2D eigenvalue weighted by atomic mass is 10.2. The maximum Gasteiger partial charge on any atom is 0.280 e. The van der Waals surface area contributed by atoms with Crippen LogP contribution in [0.5, 0.6) is 0 Å². The van der Waals surface area contributed by atoms with E-state index >= 15 is 0 Å². The van der Waals surface area contributed by atoms with Crippen LogP contribution in [0.15, 0.2) is 46.4 Å². The molecular formula is C21H18N8O2S. The lowest BCUT2D eigenvalue weighted by Gasteiger charge is -2.21. The van der Waals surface area contributed by atoms with E-state index in [4.69, 9.17) is 4.52 Å². The van der Waals surface area contributed by atoms with Crippen LogP contribution in [0.4, 0.5) is 5.69 Å². The van der Waals surface area contributed by atoms with Crippen molar-refractivity contribution in [2.24, 2.45) is 18.9 Å². The highest BCUT2D eigenvalue weighted by molar-refractivity contribution is 7.13. The summed E-state index contributed by atoms with van der Waals surface area (Å²) >= 11 is 1.53. The molecule has 1 aliphatic heterocycles. The van der Waals surface area contributed by atoms with E-state index in [2.05, 4.69) is 47.6 Å². The van der Waals surface area contributed by atoms with Crippen LogP contribution < -0.4 is 10.5 Å². The van der Waals surface area contributed by atoms with Crippen LogP contribution >= 0.6 is 11.5 Å². The van der Waals surface area contributed by atoms with Crippen molar-refractivity contribution >= 4 is 38.5 Å². The quantitative estimate of drug-likeness (QED) is 0.413.